The summed E-state index contributed by atoms with van der Waals surface area (Å²) in [6, 6.07) is 3.17. The Labute approximate surface area is 110 Å². The zero-order chi connectivity index (χ0) is 13.5. The highest BCUT2D eigenvalue weighted by Gasteiger charge is 2.38. The predicted octanol–water partition coefficient (Wildman–Crippen LogP) is 0.642. The summed E-state index contributed by atoms with van der Waals surface area (Å²) < 4.78 is 10.4. The van der Waals surface area contributed by atoms with E-state index < -0.39 is 5.54 Å². The molecule has 1 aliphatic heterocycles. The molecular formula is C13H16N2O4. The van der Waals surface area contributed by atoms with Gasteiger partial charge in [0, 0.05) is 11.8 Å². The molecule has 2 aliphatic rings. The fraction of sp³-hybridized carbons (Fsp3) is 0.462. The standard InChI is InChI=1S/C13H16N2O4/c14-9-5-11-10(18-7-19-11)4-8(9)12(17)15-13(6-16)2-1-3-13/h4-5,16H,1-3,6-7,14H2,(H,15,17). The first-order valence-electron chi connectivity index (χ1n) is 6.26. The van der Waals surface area contributed by atoms with Gasteiger partial charge in [0.1, 0.15) is 0 Å². The third-order valence-corrected chi connectivity index (χ3v) is 3.78. The van der Waals surface area contributed by atoms with Crippen molar-refractivity contribution in [3.63, 3.8) is 0 Å². The number of aliphatic hydroxyl groups is 1. The molecular weight excluding hydrogens is 248 g/mol. The minimum atomic E-state index is -0.486. The predicted molar refractivity (Wildman–Crippen MR) is 68.1 cm³/mol. The van der Waals surface area contributed by atoms with Gasteiger partial charge in [-0.1, -0.05) is 0 Å². The normalized spacial score (nSPS) is 18.8. The van der Waals surface area contributed by atoms with Crippen LogP contribution < -0.4 is 20.5 Å². The average Bonchev–Trinajstić information content (AvgIpc) is 2.79. The topological polar surface area (TPSA) is 93.8 Å². The van der Waals surface area contributed by atoms with Crippen molar-refractivity contribution in [2.24, 2.45) is 0 Å². The molecule has 0 radical (unpaired) electrons. The summed E-state index contributed by atoms with van der Waals surface area (Å²) in [5, 5.41) is 12.2. The quantitative estimate of drug-likeness (QED) is 0.697. The lowest BCUT2D eigenvalue weighted by Gasteiger charge is -2.41. The van der Waals surface area contributed by atoms with E-state index in [0.717, 1.165) is 19.3 Å². The number of hydrogen-bond acceptors (Lipinski definition) is 5. The SMILES string of the molecule is Nc1cc2c(cc1C(=O)NC1(CO)CCC1)OCO2. The molecule has 3 rings (SSSR count). The zero-order valence-electron chi connectivity index (χ0n) is 10.4. The highest BCUT2D eigenvalue weighted by atomic mass is 16.7. The fourth-order valence-corrected chi connectivity index (χ4v) is 2.39. The Morgan fingerprint density at radius 3 is 2.63 bits per heavy atom. The van der Waals surface area contributed by atoms with Gasteiger partial charge in [0.25, 0.3) is 5.91 Å². The maximum absolute atomic E-state index is 12.2. The molecule has 4 N–H and O–H groups in total. The lowest BCUT2D eigenvalue weighted by molar-refractivity contribution is 0.0642. The number of nitrogen functional groups attached to an aromatic ring is 1. The lowest BCUT2D eigenvalue weighted by Crippen LogP contribution is -2.56. The highest BCUT2D eigenvalue weighted by molar-refractivity contribution is 6.00. The van der Waals surface area contributed by atoms with E-state index in [4.69, 9.17) is 15.2 Å². The molecule has 102 valence electrons. The van der Waals surface area contributed by atoms with E-state index in [1.165, 1.54) is 0 Å². The van der Waals surface area contributed by atoms with Gasteiger partial charge >= 0.3 is 0 Å². The van der Waals surface area contributed by atoms with E-state index in [2.05, 4.69) is 5.32 Å². The summed E-state index contributed by atoms with van der Waals surface area (Å²) >= 11 is 0. The number of benzene rings is 1. The van der Waals surface area contributed by atoms with Crippen LogP contribution in [0.15, 0.2) is 12.1 Å². The molecule has 1 amide bonds. The van der Waals surface area contributed by atoms with Crippen LogP contribution in [0.25, 0.3) is 0 Å². The Balaban J connectivity index is 1.84. The molecule has 1 heterocycles. The summed E-state index contributed by atoms with van der Waals surface area (Å²) in [6.45, 7) is 0.0869. The molecule has 1 fully saturated rings. The van der Waals surface area contributed by atoms with Crippen LogP contribution in [-0.4, -0.2) is 30.0 Å². The minimum absolute atomic E-state index is 0.0524. The third kappa shape index (κ3) is 1.98. The molecule has 0 unspecified atom stereocenters. The molecule has 6 nitrogen and oxygen atoms in total. The fourth-order valence-electron chi connectivity index (χ4n) is 2.39. The van der Waals surface area contributed by atoms with Gasteiger partial charge in [-0.15, -0.1) is 0 Å². The molecule has 0 bridgehead atoms. The second-order valence-electron chi connectivity index (χ2n) is 5.04. The third-order valence-electron chi connectivity index (χ3n) is 3.78. The smallest absolute Gasteiger partial charge is 0.254 e. The van der Waals surface area contributed by atoms with Crippen molar-refractivity contribution in [2.45, 2.75) is 24.8 Å². The molecule has 1 aliphatic carbocycles. The second-order valence-corrected chi connectivity index (χ2v) is 5.04. The summed E-state index contributed by atoms with van der Waals surface area (Å²) in [5.74, 6) is 0.783. The van der Waals surface area contributed by atoms with Gasteiger partial charge < -0.3 is 25.6 Å². The van der Waals surface area contributed by atoms with Crippen LogP contribution in [0.2, 0.25) is 0 Å². The van der Waals surface area contributed by atoms with E-state index in [-0.39, 0.29) is 19.3 Å². The second kappa shape index (κ2) is 4.31. The maximum atomic E-state index is 12.2. The van der Waals surface area contributed by atoms with Gasteiger partial charge in [-0.3, -0.25) is 4.79 Å². The average molecular weight is 264 g/mol. The van der Waals surface area contributed by atoms with Crippen LogP contribution in [0.3, 0.4) is 0 Å². The number of aliphatic hydroxyl groups excluding tert-OH is 1. The largest absolute Gasteiger partial charge is 0.454 e. The van der Waals surface area contributed by atoms with Crippen LogP contribution in [0.1, 0.15) is 29.6 Å². The monoisotopic (exact) mass is 264 g/mol. The first-order chi connectivity index (χ1) is 9.13. The molecule has 1 saturated carbocycles. The molecule has 0 atom stereocenters. The number of anilines is 1. The van der Waals surface area contributed by atoms with Crippen molar-refractivity contribution >= 4 is 11.6 Å². The van der Waals surface area contributed by atoms with Gasteiger partial charge in [-0.05, 0) is 25.3 Å². The van der Waals surface area contributed by atoms with E-state index in [0.29, 0.717) is 22.7 Å². The van der Waals surface area contributed by atoms with Crippen molar-refractivity contribution in [1.82, 2.24) is 5.32 Å². The molecule has 0 aromatic heterocycles. The number of ether oxygens (including phenoxy) is 2. The Morgan fingerprint density at radius 2 is 2.05 bits per heavy atom. The lowest BCUT2D eigenvalue weighted by atomic mass is 9.77. The molecule has 0 saturated heterocycles. The van der Waals surface area contributed by atoms with E-state index in [1.54, 1.807) is 12.1 Å². The summed E-state index contributed by atoms with van der Waals surface area (Å²) in [7, 11) is 0. The van der Waals surface area contributed by atoms with Crippen molar-refractivity contribution in [1.29, 1.82) is 0 Å². The van der Waals surface area contributed by atoms with Crippen LogP contribution in [0, 0.1) is 0 Å². The Hall–Kier alpha value is -1.95. The number of carbonyl (C=O) groups is 1. The highest BCUT2D eigenvalue weighted by Crippen LogP contribution is 2.37. The van der Waals surface area contributed by atoms with Gasteiger partial charge in [-0.2, -0.15) is 0 Å². The van der Waals surface area contributed by atoms with Crippen molar-refractivity contribution in [3.05, 3.63) is 17.7 Å². The van der Waals surface area contributed by atoms with E-state index in [1.807, 2.05) is 0 Å². The van der Waals surface area contributed by atoms with E-state index >= 15 is 0 Å². The van der Waals surface area contributed by atoms with Gasteiger partial charge in [0.2, 0.25) is 6.79 Å². The van der Waals surface area contributed by atoms with Crippen LogP contribution in [-0.2, 0) is 0 Å². The Kier molecular flexibility index (Phi) is 2.74. The number of rotatable bonds is 3. The van der Waals surface area contributed by atoms with Crippen molar-refractivity contribution < 1.29 is 19.4 Å². The molecule has 19 heavy (non-hydrogen) atoms. The zero-order valence-corrected chi connectivity index (χ0v) is 10.4. The number of nitrogens with one attached hydrogen (secondary N) is 1. The first kappa shape index (κ1) is 12.1. The van der Waals surface area contributed by atoms with Crippen LogP contribution in [0.5, 0.6) is 11.5 Å². The number of fused-ring (bicyclic) bond motifs is 1. The number of hydrogen-bond donors (Lipinski definition) is 3. The summed E-state index contributed by atoms with van der Waals surface area (Å²) in [4.78, 5) is 12.2. The molecule has 6 heteroatoms. The van der Waals surface area contributed by atoms with Gasteiger partial charge in [0.15, 0.2) is 11.5 Å². The Morgan fingerprint density at radius 1 is 1.37 bits per heavy atom. The number of nitrogens with two attached hydrogens (primary N) is 1. The van der Waals surface area contributed by atoms with Crippen LogP contribution >= 0.6 is 0 Å². The number of amides is 1. The molecule has 0 spiro atoms. The van der Waals surface area contributed by atoms with Crippen molar-refractivity contribution in [3.8, 4) is 11.5 Å². The van der Waals surface area contributed by atoms with Gasteiger partial charge in [-0.25, -0.2) is 0 Å². The van der Waals surface area contributed by atoms with Gasteiger partial charge in [0.05, 0.1) is 17.7 Å². The first-order valence-corrected chi connectivity index (χ1v) is 6.26. The van der Waals surface area contributed by atoms with Crippen LogP contribution in [0.4, 0.5) is 5.69 Å². The molecule has 1 aromatic carbocycles. The Bertz CT molecular complexity index is 520. The number of carbonyl (C=O) groups excluding carboxylic acids is 1. The summed E-state index contributed by atoms with van der Waals surface area (Å²) in [5.41, 5.74) is 6.06. The molecule has 1 aromatic rings. The van der Waals surface area contributed by atoms with Crippen molar-refractivity contribution in [2.75, 3.05) is 19.1 Å². The minimum Gasteiger partial charge on any atom is -0.454 e. The summed E-state index contributed by atoms with van der Waals surface area (Å²) in [6.07, 6.45) is 2.59. The van der Waals surface area contributed by atoms with E-state index in [9.17, 15) is 9.90 Å². The maximum Gasteiger partial charge on any atom is 0.254 e.